The molecule has 2 aliphatic rings. The molecule has 3 nitrogen and oxygen atoms in total. The normalized spacial score (nSPS) is 17.3. The zero-order valence-corrected chi connectivity index (χ0v) is 13.3. The van der Waals surface area contributed by atoms with Gasteiger partial charge in [0.05, 0.1) is 11.6 Å². The average Bonchev–Trinajstić information content (AvgIpc) is 3.45. The van der Waals surface area contributed by atoms with Crippen LogP contribution in [0.4, 0.5) is 4.39 Å². The zero-order valence-electron chi connectivity index (χ0n) is 13.3. The summed E-state index contributed by atoms with van der Waals surface area (Å²) in [6.07, 6.45) is 3.97. The summed E-state index contributed by atoms with van der Waals surface area (Å²) >= 11 is 0. The average molecular weight is 322 g/mol. The van der Waals surface area contributed by atoms with E-state index in [9.17, 15) is 9.18 Å². The molecule has 1 aliphatic heterocycles. The van der Waals surface area contributed by atoms with Crippen molar-refractivity contribution in [1.29, 1.82) is 0 Å². The fourth-order valence-corrected chi connectivity index (χ4v) is 3.26. The summed E-state index contributed by atoms with van der Waals surface area (Å²) < 4.78 is 13.2. The van der Waals surface area contributed by atoms with Crippen LogP contribution < -0.4 is 10.6 Å². The number of halogens is 1. The van der Waals surface area contributed by atoms with Gasteiger partial charge in [-0.05, 0) is 47.6 Å². The smallest absolute Gasteiger partial charge is 0.253 e. The molecule has 4 heteroatoms. The number of amides is 1. The Hall–Kier alpha value is -2.62. The van der Waals surface area contributed by atoms with Crippen LogP contribution >= 0.6 is 0 Å². The quantitative estimate of drug-likeness (QED) is 0.904. The van der Waals surface area contributed by atoms with Crippen molar-refractivity contribution in [3.8, 4) is 0 Å². The lowest BCUT2D eigenvalue weighted by atomic mass is 9.96. The molecule has 0 spiro atoms. The molecule has 2 aromatic rings. The maximum Gasteiger partial charge on any atom is 0.253 e. The molecule has 1 atom stereocenters. The highest BCUT2D eigenvalue weighted by Crippen LogP contribution is 2.41. The van der Waals surface area contributed by atoms with Gasteiger partial charge in [-0.3, -0.25) is 4.79 Å². The predicted octanol–water partition coefficient (Wildman–Crippen LogP) is 3.54. The highest BCUT2D eigenvalue weighted by Gasteiger charge is 2.34. The van der Waals surface area contributed by atoms with E-state index in [0.717, 1.165) is 36.1 Å². The summed E-state index contributed by atoms with van der Waals surface area (Å²) in [7, 11) is 0. The minimum absolute atomic E-state index is 0.0620. The van der Waals surface area contributed by atoms with Crippen LogP contribution in [0.3, 0.4) is 0 Å². The molecule has 122 valence electrons. The third-order valence-electron chi connectivity index (χ3n) is 4.70. The van der Waals surface area contributed by atoms with Crippen molar-refractivity contribution in [2.24, 2.45) is 5.92 Å². The predicted molar refractivity (Wildman–Crippen MR) is 91.3 cm³/mol. The van der Waals surface area contributed by atoms with E-state index in [0.29, 0.717) is 11.5 Å². The molecule has 0 aromatic heterocycles. The van der Waals surface area contributed by atoms with E-state index in [4.69, 9.17) is 0 Å². The first-order valence-electron chi connectivity index (χ1n) is 8.30. The Kier molecular flexibility index (Phi) is 3.81. The minimum Gasteiger partial charge on any atom is -0.386 e. The molecule has 1 amide bonds. The Balaban J connectivity index is 1.58. The molecule has 1 heterocycles. The van der Waals surface area contributed by atoms with Crippen molar-refractivity contribution in [3.63, 3.8) is 0 Å². The van der Waals surface area contributed by atoms with Crippen molar-refractivity contribution in [2.45, 2.75) is 25.4 Å². The Bertz CT molecular complexity index is 794. The summed E-state index contributed by atoms with van der Waals surface area (Å²) in [5.74, 6) is 0.0930. The number of benzene rings is 2. The van der Waals surface area contributed by atoms with E-state index in [1.807, 2.05) is 24.3 Å². The molecule has 2 N–H and O–H groups in total. The molecule has 2 aromatic carbocycles. The fourth-order valence-electron chi connectivity index (χ4n) is 3.26. The van der Waals surface area contributed by atoms with Gasteiger partial charge < -0.3 is 10.6 Å². The Morgan fingerprint density at radius 3 is 2.62 bits per heavy atom. The maximum absolute atomic E-state index is 13.2. The largest absolute Gasteiger partial charge is 0.386 e. The van der Waals surface area contributed by atoms with E-state index < -0.39 is 0 Å². The molecule has 1 unspecified atom stereocenters. The van der Waals surface area contributed by atoms with Crippen molar-refractivity contribution in [3.05, 3.63) is 77.2 Å². The number of rotatable bonds is 4. The summed E-state index contributed by atoms with van der Waals surface area (Å²) in [5, 5.41) is 6.32. The number of nitrogens with one attached hydrogen (secondary N) is 2. The van der Waals surface area contributed by atoms with E-state index >= 15 is 0 Å². The van der Waals surface area contributed by atoms with Gasteiger partial charge in [0, 0.05) is 12.7 Å². The topological polar surface area (TPSA) is 41.1 Å². The Morgan fingerprint density at radius 1 is 1.12 bits per heavy atom. The molecule has 1 fully saturated rings. The second kappa shape index (κ2) is 6.11. The third kappa shape index (κ3) is 2.92. The lowest BCUT2D eigenvalue weighted by molar-refractivity contribution is -0.116. The van der Waals surface area contributed by atoms with Crippen LogP contribution in [0.2, 0.25) is 0 Å². The van der Waals surface area contributed by atoms with Crippen LogP contribution in [-0.2, 0) is 11.3 Å². The first kappa shape index (κ1) is 14.9. The van der Waals surface area contributed by atoms with E-state index in [-0.39, 0.29) is 17.8 Å². The monoisotopic (exact) mass is 322 g/mol. The molecule has 4 rings (SSSR count). The Morgan fingerprint density at radius 2 is 1.88 bits per heavy atom. The van der Waals surface area contributed by atoms with Gasteiger partial charge in [0.25, 0.3) is 5.91 Å². The summed E-state index contributed by atoms with van der Waals surface area (Å²) in [6.45, 7) is 0.733. The third-order valence-corrected chi connectivity index (χ3v) is 4.70. The van der Waals surface area contributed by atoms with Crippen molar-refractivity contribution in [1.82, 2.24) is 10.6 Å². The van der Waals surface area contributed by atoms with Crippen LogP contribution in [0.25, 0.3) is 5.57 Å². The van der Waals surface area contributed by atoms with Gasteiger partial charge in [0.1, 0.15) is 5.82 Å². The molecule has 1 aliphatic carbocycles. The second-order valence-corrected chi connectivity index (χ2v) is 6.44. The SMILES string of the molecule is O=C(NC(c1ccc(F)cc1)C1CC1)C1=CNCc2ccccc21. The molecule has 24 heavy (non-hydrogen) atoms. The molecule has 0 bridgehead atoms. The summed E-state index contributed by atoms with van der Waals surface area (Å²) in [6, 6.07) is 14.3. The van der Waals surface area contributed by atoms with Gasteiger partial charge in [-0.25, -0.2) is 4.39 Å². The second-order valence-electron chi connectivity index (χ2n) is 6.44. The van der Waals surface area contributed by atoms with Crippen LogP contribution in [-0.4, -0.2) is 5.91 Å². The van der Waals surface area contributed by atoms with Crippen molar-refractivity contribution in [2.75, 3.05) is 0 Å². The standard InChI is InChI=1S/C20H19FN2O/c21-16-9-7-14(8-10-16)19(13-5-6-13)23-20(24)18-12-22-11-15-3-1-2-4-17(15)18/h1-4,7-10,12-13,19,22H,5-6,11H2,(H,23,24). The van der Waals surface area contributed by atoms with Gasteiger partial charge in [-0.2, -0.15) is 0 Å². The van der Waals surface area contributed by atoms with Crippen molar-refractivity contribution < 1.29 is 9.18 Å². The van der Waals surface area contributed by atoms with Gasteiger partial charge in [-0.1, -0.05) is 36.4 Å². The first-order valence-corrected chi connectivity index (χ1v) is 8.30. The molecule has 1 saturated carbocycles. The van der Waals surface area contributed by atoms with Crippen LogP contribution in [0.1, 0.15) is 35.6 Å². The van der Waals surface area contributed by atoms with Crippen LogP contribution in [0.5, 0.6) is 0 Å². The van der Waals surface area contributed by atoms with Gasteiger partial charge >= 0.3 is 0 Å². The number of hydrogen-bond acceptors (Lipinski definition) is 2. The molecular weight excluding hydrogens is 303 g/mol. The number of carbonyl (C=O) groups is 1. The summed E-state index contributed by atoms with van der Waals surface area (Å²) in [4.78, 5) is 12.9. The lowest BCUT2D eigenvalue weighted by Crippen LogP contribution is -2.32. The highest BCUT2D eigenvalue weighted by molar-refractivity contribution is 6.20. The van der Waals surface area contributed by atoms with E-state index in [1.54, 1.807) is 18.3 Å². The summed E-state index contributed by atoms with van der Waals surface area (Å²) in [5.41, 5.74) is 3.71. The van der Waals surface area contributed by atoms with E-state index in [2.05, 4.69) is 10.6 Å². The zero-order chi connectivity index (χ0) is 16.5. The highest BCUT2D eigenvalue weighted by atomic mass is 19.1. The number of fused-ring (bicyclic) bond motifs is 1. The minimum atomic E-state index is -0.257. The number of hydrogen-bond donors (Lipinski definition) is 2. The first-order chi connectivity index (χ1) is 11.7. The maximum atomic E-state index is 13.2. The fraction of sp³-hybridized carbons (Fsp3) is 0.250. The Labute approximate surface area is 140 Å². The van der Waals surface area contributed by atoms with E-state index in [1.165, 1.54) is 12.1 Å². The van der Waals surface area contributed by atoms with Crippen LogP contribution in [0, 0.1) is 11.7 Å². The lowest BCUT2D eigenvalue weighted by Gasteiger charge is -2.23. The molecule has 0 saturated heterocycles. The molecule has 0 radical (unpaired) electrons. The van der Waals surface area contributed by atoms with Gasteiger partial charge in [0.15, 0.2) is 0 Å². The van der Waals surface area contributed by atoms with Gasteiger partial charge in [-0.15, -0.1) is 0 Å². The van der Waals surface area contributed by atoms with Crippen LogP contribution in [0.15, 0.2) is 54.7 Å². The van der Waals surface area contributed by atoms with Crippen molar-refractivity contribution >= 4 is 11.5 Å². The number of carbonyl (C=O) groups excluding carboxylic acids is 1. The van der Waals surface area contributed by atoms with Gasteiger partial charge in [0.2, 0.25) is 0 Å². The molecular formula is C20H19FN2O.